The van der Waals surface area contributed by atoms with Gasteiger partial charge in [0.15, 0.2) is 0 Å². The largest absolute Gasteiger partial charge is 0.299 e. The first-order chi connectivity index (χ1) is 7.54. The fourth-order valence-electron chi connectivity index (χ4n) is 2.03. The molecule has 1 aliphatic carbocycles. The van der Waals surface area contributed by atoms with Crippen LogP contribution in [0.2, 0.25) is 5.02 Å². The molecule has 2 rings (SSSR count). The molecule has 1 aliphatic rings. The topological polar surface area (TPSA) is 34.1 Å². The lowest BCUT2D eigenvalue weighted by atomic mass is 9.83. The molecule has 84 valence electrons. The van der Waals surface area contributed by atoms with Gasteiger partial charge in [-0.05, 0) is 29.7 Å². The fraction of sp³-hybridized carbons (Fsp3) is 0.333. The Balaban J connectivity index is 2.29. The summed E-state index contributed by atoms with van der Waals surface area (Å²) in [7, 11) is 0. The van der Waals surface area contributed by atoms with Crippen molar-refractivity contribution < 1.29 is 9.59 Å². The first-order valence-electron chi connectivity index (χ1n) is 5.04. The Kier molecular flexibility index (Phi) is 3.45. The number of rotatable bonds is 1. The zero-order chi connectivity index (χ0) is 11.7. The molecule has 0 heterocycles. The van der Waals surface area contributed by atoms with Gasteiger partial charge < -0.3 is 0 Å². The molecule has 4 heteroatoms. The molecular weight excluding hydrogens is 291 g/mol. The second kappa shape index (κ2) is 4.68. The Morgan fingerprint density at radius 3 is 2.31 bits per heavy atom. The van der Waals surface area contributed by atoms with Gasteiger partial charge in [-0.15, -0.1) is 0 Å². The number of ketones is 2. The van der Waals surface area contributed by atoms with Crippen molar-refractivity contribution in [2.24, 2.45) is 0 Å². The van der Waals surface area contributed by atoms with E-state index in [4.69, 9.17) is 11.6 Å². The summed E-state index contributed by atoms with van der Waals surface area (Å²) in [5.74, 6) is 0.0402. The van der Waals surface area contributed by atoms with Crippen LogP contribution in [0.1, 0.15) is 30.7 Å². The number of Topliss-reactive ketones (excluding diaryl/α,β-unsaturated/α-hetero) is 2. The Bertz CT molecular complexity index is 420. The van der Waals surface area contributed by atoms with Gasteiger partial charge in [0.05, 0.1) is 6.42 Å². The van der Waals surface area contributed by atoms with Crippen LogP contribution < -0.4 is 0 Å². The van der Waals surface area contributed by atoms with Crippen molar-refractivity contribution in [3.05, 3.63) is 33.3 Å². The number of halogens is 2. The molecular formula is C12H10BrClO2. The molecule has 0 N–H and O–H groups in total. The summed E-state index contributed by atoms with van der Waals surface area (Å²) >= 11 is 9.30. The van der Waals surface area contributed by atoms with Crippen LogP contribution in [0.25, 0.3) is 0 Å². The van der Waals surface area contributed by atoms with Gasteiger partial charge in [0.25, 0.3) is 0 Å². The Morgan fingerprint density at radius 2 is 1.75 bits per heavy atom. The van der Waals surface area contributed by atoms with Crippen LogP contribution in [0, 0.1) is 0 Å². The lowest BCUT2D eigenvalue weighted by Gasteiger charge is -2.20. The van der Waals surface area contributed by atoms with Crippen LogP contribution in [0.5, 0.6) is 0 Å². The van der Waals surface area contributed by atoms with Crippen LogP contribution >= 0.6 is 27.5 Å². The highest BCUT2D eigenvalue weighted by Gasteiger charge is 2.26. The number of carbonyl (C=O) groups excluding carboxylic acids is 2. The second-order valence-electron chi connectivity index (χ2n) is 4.06. The predicted octanol–water partition coefficient (Wildman–Crippen LogP) is 3.51. The monoisotopic (exact) mass is 300 g/mol. The maximum atomic E-state index is 11.4. The van der Waals surface area contributed by atoms with E-state index in [1.54, 1.807) is 6.07 Å². The summed E-state index contributed by atoms with van der Waals surface area (Å²) in [5.41, 5.74) is 0.959. The molecule has 2 nitrogen and oxygen atoms in total. The van der Waals surface area contributed by atoms with Gasteiger partial charge in [-0.1, -0.05) is 27.5 Å². The van der Waals surface area contributed by atoms with E-state index in [-0.39, 0.29) is 23.9 Å². The minimum Gasteiger partial charge on any atom is -0.299 e. The molecule has 0 aromatic heterocycles. The fourth-order valence-corrected chi connectivity index (χ4v) is 2.92. The van der Waals surface area contributed by atoms with Crippen molar-refractivity contribution in [1.82, 2.24) is 0 Å². The minimum absolute atomic E-state index is 0.0104. The molecule has 0 spiro atoms. The quantitative estimate of drug-likeness (QED) is 0.744. The Labute approximate surface area is 107 Å². The summed E-state index contributed by atoms with van der Waals surface area (Å²) in [4.78, 5) is 22.7. The van der Waals surface area contributed by atoms with E-state index in [1.165, 1.54) is 0 Å². The molecule has 0 radical (unpaired) electrons. The Morgan fingerprint density at radius 1 is 1.12 bits per heavy atom. The molecule has 0 unspecified atom stereocenters. The van der Waals surface area contributed by atoms with E-state index >= 15 is 0 Å². The van der Waals surface area contributed by atoms with E-state index in [9.17, 15) is 9.59 Å². The summed E-state index contributed by atoms with van der Waals surface area (Å²) in [5, 5.41) is 0.620. The normalized spacial score (nSPS) is 17.9. The average Bonchev–Trinajstić information content (AvgIpc) is 2.14. The molecule has 0 amide bonds. The number of hydrogen-bond donors (Lipinski definition) is 0. The van der Waals surface area contributed by atoms with E-state index in [2.05, 4.69) is 15.9 Å². The highest BCUT2D eigenvalue weighted by molar-refractivity contribution is 9.10. The summed E-state index contributed by atoms with van der Waals surface area (Å²) in [6, 6.07) is 5.53. The van der Waals surface area contributed by atoms with Gasteiger partial charge in [-0.3, -0.25) is 9.59 Å². The third-order valence-corrected chi connectivity index (χ3v) is 3.37. The standard InChI is InChI=1S/C12H10BrClO2/c13-9-1-7(2-10(14)5-9)8-3-11(15)6-12(16)4-8/h1-2,5,8H,3-4,6H2. The van der Waals surface area contributed by atoms with Crippen LogP contribution in [0.3, 0.4) is 0 Å². The van der Waals surface area contributed by atoms with Gasteiger partial charge in [-0.25, -0.2) is 0 Å². The first kappa shape index (κ1) is 11.8. The lowest BCUT2D eigenvalue weighted by Crippen LogP contribution is -2.21. The average molecular weight is 302 g/mol. The maximum absolute atomic E-state index is 11.4. The molecule has 1 fully saturated rings. The van der Waals surface area contributed by atoms with Crippen molar-refractivity contribution in [1.29, 1.82) is 0 Å². The third kappa shape index (κ3) is 2.71. The van der Waals surface area contributed by atoms with Crippen molar-refractivity contribution in [3.8, 4) is 0 Å². The van der Waals surface area contributed by atoms with Crippen molar-refractivity contribution in [2.45, 2.75) is 25.2 Å². The van der Waals surface area contributed by atoms with Crippen LogP contribution in [0.4, 0.5) is 0 Å². The zero-order valence-electron chi connectivity index (χ0n) is 8.50. The van der Waals surface area contributed by atoms with Crippen molar-refractivity contribution in [3.63, 3.8) is 0 Å². The molecule has 1 aromatic carbocycles. The third-order valence-electron chi connectivity index (χ3n) is 2.70. The predicted molar refractivity (Wildman–Crippen MR) is 65.8 cm³/mol. The molecule has 0 aliphatic heterocycles. The van der Waals surface area contributed by atoms with Crippen LogP contribution in [-0.2, 0) is 9.59 Å². The van der Waals surface area contributed by atoms with Crippen LogP contribution in [-0.4, -0.2) is 11.6 Å². The zero-order valence-corrected chi connectivity index (χ0v) is 10.8. The molecule has 1 aromatic rings. The van der Waals surface area contributed by atoms with Gasteiger partial charge >= 0.3 is 0 Å². The first-order valence-corrected chi connectivity index (χ1v) is 6.21. The minimum atomic E-state index is -0.0104. The number of carbonyl (C=O) groups is 2. The summed E-state index contributed by atoms with van der Waals surface area (Å²) in [6.07, 6.45) is 0.981. The molecule has 0 saturated heterocycles. The summed E-state index contributed by atoms with van der Waals surface area (Å²) < 4.78 is 0.875. The second-order valence-corrected chi connectivity index (χ2v) is 5.41. The van der Waals surface area contributed by atoms with E-state index in [0.717, 1.165) is 10.0 Å². The molecule has 0 atom stereocenters. The highest BCUT2D eigenvalue weighted by atomic mass is 79.9. The van der Waals surface area contributed by atoms with Gasteiger partial charge in [-0.2, -0.15) is 0 Å². The van der Waals surface area contributed by atoms with Gasteiger partial charge in [0.2, 0.25) is 0 Å². The molecule has 0 bridgehead atoms. The van der Waals surface area contributed by atoms with Crippen molar-refractivity contribution in [2.75, 3.05) is 0 Å². The van der Waals surface area contributed by atoms with Gasteiger partial charge in [0.1, 0.15) is 11.6 Å². The summed E-state index contributed by atoms with van der Waals surface area (Å²) in [6.45, 7) is 0. The maximum Gasteiger partial charge on any atom is 0.140 e. The lowest BCUT2D eigenvalue weighted by molar-refractivity contribution is -0.130. The van der Waals surface area contributed by atoms with Crippen molar-refractivity contribution >= 4 is 39.1 Å². The molecule has 1 saturated carbocycles. The van der Waals surface area contributed by atoms with Gasteiger partial charge in [0, 0.05) is 22.3 Å². The number of hydrogen-bond acceptors (Lipinski definition) is 2. The smallest absolute Gasteiger partial charge is 0.140 e. The highest BCUT2D eigenvalue weighted by Crippen LogP contribution is 2.32. The Hall–Kier alpha value is -0.670. The van der Waals surface area contributed by atoms with Crippen LogP contribution in [0.15, 0.2) is 22.7 Å². The van der Waals surface area contributed by atoms with E-state index < -0.39 is 0 Å². The van der Waals surface area contributed by atoms with E-state index in [0.29, 0.717) is 17.9 Å². The number of benzene rings is 1. The SMILES string of the molecule is O=C1CC(=O)CC(c2cc(Cl)cc(Br)c2)C1. The molecule has 16 heavy (non-hydrogen) atoms. The van der Waals surface area contributed by atoms with E-state index in [1.807, 2.05) is 12.1 Å².